The van der Waals surface area contributed by atoms with Crippen LogP contribution in [0.5, 0.6) is 5.75 Å². The number of hydrogen-bond donors (Lipinski definition) is 2. The quantitative estimate of drug-likeness (QED) is 0.512. The second-order valence-corrected chi connectivity index (χ2v) is 8.09. The third-order valence-corrected chi connectivity index (χ3v) is 6.20. The molecule has 1 aromatic carbocycles. The number of methoxy groups -OCH3 is 1. The Morgan fingerprint density at radius 1 is 1.28 bits per heavy atom. The van der Waals surface area contributed by atoms with Crippen molar-refractivity contribution in [3.8, 4) is 5.75 Å². The maximum Gasteiger partial charge on any atom is 0.191 e. The summed E-state index contributed by atoms with van der Waals surface area (Å²) in [5.41, 5.74) is 2.41. The molecule has 0 spiro atoms. The number of aliphatic imine (C=N–C) groups is 1. The third kappa shape index (κ3) is 6.19. The van der Waals surface area contributed by atoms with E-state index in [1.807, 2.05) is 18.4 Å². The zero-order valence-electron chi connectivity index (χ0n) is 17.6. The second-order valence-electron chi connectivity index (χ2n) is 7.11. The summed E-state index contributed by atoms with van der Waals surface area (Å²) >= 11 is 1.81. The molecule has 1 saturated heterocycles. The number of nitrogens with zero attached hydrogens (tertiary/aromatic N) is 2. The van der Waals surface area contributed by atoms with Crippen molar-refractivity contribution in [1.29, 1.82) is 0 Å². The van der Waals surface area contributed by atoms with Crippen LogP contribution >= 0.6 is 11.3 Å². The summed E-state index contributed by atoms with van der Waals surface area (Å²) < 4.78 is 11.0. The van der Waals surface area contributed by atoms with Gasteiger partial charge in [-0.3, -0.25) is 9.89 Å². The smallest absolute Gasteiger partial charge is 0.191 e. The van der Waals surface area contributed by atoms with Gasteiger partial charge in [-0.1, -0.05) is 18.2 Å². The van der Waals surface area contributed by atoms with E-state index >= 15 is 0 Å². The lowest BCUT2D eigenvalue weighted by Crippen LogP contribution is -2.46. The minimum Gasteiger partial charge on any atom is -0.496 e. The first-order valence-corrected chi connectivity index (χ1v) is 11.0. The standard InChI is InChI=1S/C22H32N4O2S/c1-17-6-7-18(15-20(17)27-3)8-9-24-22(23-2)25-16-19(21-5-4-14-29-21)26-10-12-28-13-11-26/h4-7,14-15,19H,8-13,16H2,1-3H3,(H2,23,24,25). The van der Waals surface area contributed by atoms with Gasteiger partial charge >= 0.3 is 0 Å². The van der Waals surface area contributed by atoms with Crippen molar-refractivity contribution in [2.24, 2.45) is 4.99 Å². The fourth-order valence-electron chi connectivity index (χ4n) is 3.54. The lowest BCUT2D eigenvalue weighted by atomic mass is 10.1. The van der Waals surface area contributed by atoms with Gasteiger partial charge in [-0.25, -0.2) is 0 Å². The van der Waals surface area contributed by atoms with Crippen LogP contribution in [-0.4, -0.2) is 64.4 Å². The van der Waals surface area contributed by atoms with E-state index in [0.29, 0.717) is 6.04 Å². The lowest BCUT2D eigenvalue weighted by molar-refractivity contribution is 0.0177. The van der Waals surface area contributed by atoms with Crippen LogP contribution in [0.4, 0.5) is 0 Å². The number of nitrogens with one attached hydrogen (secondary N) is 2. The number of guanidine groups is 1. The summed E-state index contributed by atoms with van der Waals surface area (Å²) in [6, 6.07) is 11.0. The Morgan fingerprint density at radius 3 is 2.79 bits per heavy atom. The molecule has 2 N–H and O–H groups in total. The number of morpholine rings is 1. The van der Waals surface area contributed by atoms with Crippen molar-refractivity contribution < 1.29 is 9.47 Å². The summed E-state index contributed by atoms with van der Waals surface area (Å²) in [6.45, 7) is 7.22. The van der Waals surface area contributed by atoms with E-state index in [-0.39, 0.29) is 0 Å². The topological polar surface area (TPSA) is 58.1 Å². The van der Waals surface area contributed by atoms with Crippen LogP contribution < -0.4 is 15.4 Å². The van der Waals surface area contributed by atoms with Gasteiger partial charge in [0.05, 0.1) is 26.4 Å². The van der Waals surface area contributed by atoms with Crippen LogP contribution in [0.15, 0.2) is 40.7 Å². The zero-order chi connectivity index (χ0) is 20.5. The van der Waals surface area contributed by atoms with Crippen LogP contribution in [0.2, 0.25) is 0 Å². The van der Waals surface area contributed by atoms with Crippen LogP contribution in [0.1, 0.15) is 22.0 Å². The predicted molar refractivity (Wildman–Crippen MR) is 120 cm³/mol. The highest BCUT2D eigenvalue weighted by Crippen LogP contribution is 2.25. The first kappa shape index (κ1) is 21.6. The maximum atomic E-state index is 5.53. The molecule has 0 aliphatic carbocycles. The van der Waals surface area contributed by atoms with E-state index in [4.69, 9.17) is 9.47 Å². The summed E-state index contributed by atoms with van der Waals surface area (Å²) in [7, 11) is 3.54. The number of rotatable bonds is 8. The molecule has 1 unspecified atom stereocenters. The molecule has 1 aliphatic rings. The molecule has 158 valence electrons. The van der Waals surface area contributed by atoms with Gasteiger partial charge in [-0.2, -0.15) is 0 Å². The molecule has 0 amide bonds. The molecule has 3 rings (SSSR count). The lowest BCUT2D eigenvalue weighted by Gasteiger charge is -2.34. The summed E-state index contributed by atoms with van der Waals surface area (Å²) in [6.07, 6.45) is 0.912. The van der Waals surface area contributed by atoms with Gasteiger partial charge in [0.2, 0.25) is 0 Å². The van der Waals surface area contributed by atoms with Crippen LogP contribution in [-0.2, 0) is 11.2 Å². The van der Waals surface area contributed by atoms with Crippen molar-refractivity contribution in [2.45, 2.75) is 19.4 Å². The molecular formula is C22H32N4O2S. The Labute approximate surface area is 177 Å². The highest BCUT2D eigenvalue weighted by molar-refractivity contribution is 7.10. The second kappa shape index (κ2) is 11.2. The van der Waals surface area contributed by atoms with Crippen LogP contribution in [0, 0.1) is 6.92 Å². The van der Waals surface area contributed by atoms with Crippen LogP contribution in [0.25, 0.3) is 0 Å². The minimum atomic E-state index is 0.332. The highest BCUT2D eigenvalue weighted by atomic mass is 32.1. The van der Waals surface area contributed by atoms with E-state index in [2.05, 4.69) is 63.2 Å². The first-order chi connectivity index (χ1) is 14.2. The molecule has 2 heterocycles. The maximum absolute atomic E-state index is 5.53. The fraction of sp³-hybridized carbons (Fsp3) is 0.500. The van der Waals surface area contributed by atoms with Crippen molar-refractivity contribution >= 4 is 17.3 Å². The van der Waals surface area contributed by atoms with Crippen molar-refractivity contribution in [2.75, 3.05) is 53.6 Å². The Morgan fingerprint density at radius 2 is 2.10 bits per heavy atom. The molecular weight excluding hydrogens is 384 g/mol. The summed E-state index contributed by atoms with van der Waals surface area (Å²) in [5, 5.41) is 9.09. The monoisotopic (exact) mass is 416 g/mol. The minimum absolute atomic E-state index is 0.332. The molecule has 1 aromatic heterocycles. The Kier molecular flexibility index (Phi) is 8.34. The summed E-state index contributed by atoms with van der Waals surface area (Å²) in [5.74, 6) is 1.77. The third-order valence-electron chi connectivity index (χ3n) is 5.22. The van der Waals surface area contributed by atoms with Gasteiger partial charge in [-0.15, -0.1) is 11.3 Å². The van der Waals surface area contributed by atoms with Gasteiger partial charge in [0.1, 0.15) is 5.75 Å². The average Bonchev–Trinajstić information content (AvgIpc) is 3.29. The average molecular weight is 417 g/mol. The first-order valence-electron chi connectivity index (χ1n) is 10.1. The van der Waals surface area contributed by atoms with E-state index in [1.165, 1.54) is 10.4 Å². The van der Waals surface area contributed by atoms with Crippen molar-refractivity contribution in [3.05, 3.63) is 51.7 Å². The Balaban J connectivity index is 1.52. The molecule has 0 bridgehead atoms. The molecule has 29 heavy (non-hydrogen) atoms. The van der Waals surface area contributed by atoms with E-state index in [0.717, 1.165) is 63.1 Å². The van der Waals surface area contributed by atoms with Crippen molar-refractivity contribution in [3.63, 3.8) is 0 Å². The molecule has 0 saturated carbocycles. The van der Waals surface area contributed by atoms with E-state index < -0.39 is 0 Å². The predicted octanol–water partition coefficient (Wildman–Crippen LogP) is 2.85. The van der Waals surface area contributed by atoms with Gasteiger partial charge in [-0.05, 0) is 42.0 Å². The Bertz CT molecular complexity index is 773. The molecule has 1 fully saturated rings. The number of aryl methyl sites for hydroxylation is 1. The van der Waals surface area contributed by atoms with Crippen LogP contribution in [0.3, 0.4) is 0 Å². The highest BCUT2D eigenvalue weighted by Gasteiger charge is 2.23. The number of thiophene rings is 1. The molecule has 6 nitrogen and oxygen atoms in total. The van der Waals surface area contributed by atoms with Crippen molar-refractivity contribution in [1.82, 2.24) is 15.5 Å². The van der Waals surface area contributed by atoms with Gasteiger partial charge in [0.25, 0.3) is 0 Å². The molecule has 1 atom stereocenters. The van der Waals surface area contributed by atoms with Gasteiger partial charge in [0, 0.05) is 38.1 Å². The Hall–Kier alpha value is -2.09. The fourth-order valence-corrected chi connectivity index (χ4v) is 4.40. The largest absolute Gasteiger partial charge is 0.496 e. The zero-order valence-corrected chi connectivity index (χ0v) is 18.4. The molecule has 2 aromatic rings. The van der Waals surface area contributed by atoms with E-state index in [1.54, 1.807) is 7.11 Å². The number of ether oxygens (including phenoxy) is 2. The van der Waals surface area contributed by atoms with Gasteiger partial charge in [0.15, 0.2) is 5.96 Å². The van der Waals surface area contributed by atoms with E-state index in [9.17, 15) is 0 Å². The summed E-state index contributed by atoms with van der Waals surface area (Å²) in [4.78, 5) is 8.27. The molecule has 7 heteroatoms. The molecule has 1 aliphatic heterocycles. The molecule has 0 radical (unpaired) electrons. The SMILES string of the molecule is CN=C(NCCc1ccc(C)c(OC)c1)NCC(c1cccs1)N1CCOCC1. The van der Waals surface area contributed by atoms with Gasteiger partial charge < -0.3 is 20.1 Å². The number of benzene rings is 1. The normalized spacial score (nSPS) is 16.4. The number of hydrogen-bond acceptors (Lipinski definition) is 5.